The Labute approximate surface area is 139 Å². The molecule has 3 rings (SSSR count). The predicted octanol–water partition coefficient (Wildman–Crippen LogP) is 1.48. The van der Waals surface area contributed by atoms with E-state index in [-0.39, 0.29) is 6.61 Å². The molecular formula is C19H17NO4. The normalized spacial score (nSPS) is 16.2. The number of ketones is 2. The lowest BCUT2D eigenvalue weighted by molar-refractivity contribution is -0.111. The van der Waals surface area contributed by atoms with Crippen molar-refractivity contribution in [3.8, 4) is 0 Å². The number of Topliss-reactive ketones (excluding diaryl/α,β-unsaturated/α-hetero) is 1. The van der Waals surface area contributed by atoms with E-state index in [1.54, 1.807) is 48.5 Å². The van der Waals surface area contributed by atoms with E-state index < -0.39 is 23.7 Å². The average molecular weight is 323 g/mol. The number of nitrogens with one attached hydrogen (secondary N) is 1. The zero-order chi connectivity index (χ0) is 17.1. The van der Waals surface area contributed by atoms with Gasteiger partial charge in [0.05, 0.1) is 12.6 Å². The third kappa shape index (κ3) is 2.99. The summed E-state index contributed by atoms with van der Waals surface area (Å²) < 4.78 is 0. The second-order valence-corrected chi connectivity index (χ2v) is 5.59. The third-order valence-electron chi connectivity index (χ3n) is 4.02. The Morgan fingerprint density at radius 3 is 2.21 bits per heavy atom. The number of aliphatic hydroxyl groups excluding tert-OH is 2. The first-order chi connectivity index (χ1) is 11.6. The molecule has 0 spiro atoms. The van der Waals surface area contributed by atoms with Crippen molar-refractivity contribution in [1.29, 1.82) is 0 Å². The molecule has 0 heterocycles. The molecule has 5 nitrogen and oxygen atoms in total. The van der Waals surface area contributed by atoms with Crippen molar-refractivity contribution >= 4 is 17.3 Å². The summed E-state index contributed by atoms with van der Waals surface area (Å²) in [6.07, 6.45) is 0.252. The number of hydrogen-bond donors (Lipinski definition) is 3. The van der Waals surface area contributed by atoms with Crippen molar-refractivity contribution in [3.63, 3.8) is 0 Å². The summed E-state index contributed by atoms with van der Waals surface area (Å²) in [5.74, 6) is -1.18. The van der Waals surface area contributed by atoms with Crippen LogP contribution in [0.3, 0.4) is 0 Å². The van der Waals surface area contributed by atoms with Gasteiger partial charge in [-0.05, 0) is 5.56 Å². The van der Waals surface area contributed by atoms with Crippen LogP contribution in [0.15, 0.2) is 60.7 Å². The third-order valence-corrected chi connectivity index (χ3v) is 4.02. The van der Waals surface area contributed by atoms with Gasteiger partial charge in [0.2, 0.25) is 11.6 Å². The molecule has 0 radical (unpaired) electrons. The lowest BCUT2D eigenvalue weighted by Gasteiger charge is -2.27. The molecule has 1 aliphatic carbocycles. The molecule has 5 heteroatoms. The van der Waals surface area contributed by atoms with E-state index in [2.05, 4.69) is 5.32 Å². The van der Waals surface area contributed by atoms with Crippen molar-refractivity contribution in [2.45, 2.75) is 12.1 Å². The molecule has 0 bridgehead atoms. The average Bonchev–Trinajstić information content (AvgIpc) is 2.63. The molecule has 122 valence electrons. The van der Waals surface area contributed by atoms with Gasteiger partial charge in [-0.15, -0.1) is 0 Å². The number of carbonyl (C=O) groups is 2. The Morgan fingerprint density at radius 2 is 1.54 bits per heavy atom. The lowest BCUT2D eigenvalue weighted by atomic mass is 9.92. The maximum atomic E-state index is 12.0. The van der Waals surface area contributed by atoms with Gasteiger partial charge in [0.1, 0.15) is 6.10 Å². The largest absolute Gasteiger partial charge is 0.394 e. The SMILES string of the molecule is O=C1C=C(NC(CO)C(O)c2ccccc2)c2ccccc2C1=O. The van der Waals surface area contributed by atoms with Gasteiger partial charge in [0, 0.05) is 22.9 Å². The zero-order valence-corrected chi connectivity index (χ0v) is 12.8. The summed E-state index contributed by atoms with van der Waals surface area (Å²) in [4.78, 5) is 23.8. The summed E-state index contributed by atoms with van der Waals surface area (Å²) in [6, 6.07) is 15.0. The fourth-order valence-corrected chi connectivity index (χ4v) is 2.75. The van der Waals surface area contributed by atoms with Crippen LogP contribution < -0.4 is 5.32 Å². The topological polar surface area (TPSA) is 86.6 Å². The first-order valence-corrected chi connectivity index (χ1v) is 7.62. The second kappa shape index (κ2) is 6.78. The van der Waals surface area contributed by atoms with E-state index in [1.807, 2.05) is 6.07 Å². The summed E-state index contributed by atoms with van der Waals surface area (Å²) in [6.45, 7) is -0.336. The highest BCUT2D eigenvalue weighted by Gasteiger charge is 2.28. The molecule has 2 aromatic carbocycles. The highest BCUT2D eigenvalue weighted by molar-refractivity contribution is 6.50. The van der Waals surface area contributed by atoms with E-state index >= 15 is 0 Å². The van der Waals surface area contributed by atoms with Crippen LogP contribution in [0, 0.1) is 0 Å². The minimum atomic E-state index is -0.961. The fourth-order valence-electron chi connectivity index (χ4n) is 2.75. The number of benzene rings is 2. The first kappa shape index (κ1) is 16.1. The second-order valence-electron chi connectivity index (χ2n) is 5.59. The number of fused-ring (bicyclic) bond motifs is 1. The maximum absolute atomic E-state index is 12.0. The maximum Gasteiger partial charge on any atom is 0.233 e. The van der Waals surface area contributed by atoms with Crippen molar-refractivity contribution < 1.29 is 19.8 Å². The molecule has 0 fully saturated rings. The monoisotopic (exact) mass is 323 g/mol. The smallest absolute Gasteiger partial charge is 0.233 e. The molecule has 1 aliphatic rings. The number of allylic oxidation sites excluding steroid dienone is 1. The van der Waals surface area contributed by atoms with Crippen LogP contribution in [-0.2, 0) is 4.79 Å². The molecule has 2 atom stereocenters. The molecule has 0 amide bonds. The summed E-state index contributed by atoms with van der Waals surface area (Å²) >= 11 is 0. The van der Waals surface area contributed by atoms with Gasteiger partial charge in [-0.1, -0.05) is 54.6 Å². The van der Waals surface area contributed by atoms with E-state index in [0.29, 0.717) is 22.4 Å². The quantitative estimate of drug-likeness (QED) is 0.726. The summed E-state index contributed by atoms with van der Waals surface area (Å²) in [5.41, 5.74) is 1.97. The Balaban J connectivity index is 1.90. The molecule has 24 heavy (non-hydrogen) atoms. The van der Waals surface area contributed by atoms with Crippen LogP contribution in [0.1, 0.15) is 27.6 Å². The van der Waals surface area contributed by atoms with Crippen LogP contribution in [0.2, 0.25) is 0 Å². The lowest BCUT2D eigenvalue weighted by Crippen LogP contribution is -2.38. The Kier molecular flexibility index (Phi) is 4.55. The molecule has 0 aromatic heterocycles. The van der Waals surface area contributed by atoms with Gasteiger partial charge >= 0.3 is 0 Å². The number of hydrogen-bond acceptors (Lipinski definition) is 5. The van der Waals surface area contributed by atoms with Crippen molar-refractivity contribution in [1.82, 2.24) is 5.32 Å². The number of rotatable bonds is 5. The van der Waals surface area contributed by atoms with Crippen LogP contribution in [0.25, 0.3) is 5.70 Å². The standard InChI is InChI=1S/C19H17NO4/c21-11-16(18(23)12-6-2-1-3-7-12)20-15-10-17(22)19(24)14-9-5-4-8-13(14)15/h1-10,16,18,20-21,23H,11H2. The summed E-state index contributed by atoms with van der Waals surface area (Å²) in [7, 11) is 0. The van der Waals surface area contributed by atoms with E-state index in [0.717, 1.165) is 0 Å². The molecule has 2 aromatic rings. The Morgan fingerprint density at radius 1 is 0.917 bits per heavy atom. The van der Waals surface area contributed by atoms with Gasteiger partial charge in [0.15, 0.2) is 0 Å². The molecule has 0 saturated carbocycles. The van der Waals surface area contributed by atoms with Crippen molar-refractivity contribution in [2.24, 2.45) is 0 Å². The highest BCUT2D eigenvalue weighted by Crippen LogP contribution is 2.25. The zero-order valence-electron chi connectivity index (χ0n) is 12.8. The minimum Gasteiger partial charge on any atom is -0.394 e. The molecular weight excluding hydrogens is 306 g/mol. The Hall–Kier alpha value is -2.76. The molecule has 2 unspecified atom stereocenters. The van der Waals surface area contributed by atoms with Gasteiger partial charge in [0.25, 0.3) is 0 Å². The van der Waals surface area contributed by atoms with Gasteiger partial charge < -0.3 is 15.5 Å². The Bertz CT molecular complexity index is 798. The first-order valence-electron chi connectivity index (χ1n) is 7.62. The van der Waals surface area contributed by atoms with Crippen molar-refractivity contribution in [3.05, 3.63) is 77.4 Å². The minimum absolute atomic E-state index is 0.318. The molecule has 0 saturated heterocycles. The van der Waals surface area contributed by atoms with Crippen LogP contribution in [-0.4, -0.2) is 34.4 Å². The fraction of sp³-hybridized carbons (Fsp3) is 0.158. The van der Waals surface area contributed by atoms with Crippen LogP contribution in [0.5, 0.6) is 0 Å². The highest BCUT2D eigenvalue weighted by atomic mass is 16.3. The molecule has 0 aliphatic heterocycles. The van der Waals surface area contributed by atoms with E-state index in [4.69, 9.17) is 0 Å². The number of carbonyl (C=O) groups excluding carboxylic acids is 2. The van der Waals surface area contributed by atoms with Gasteiger partial charge in [-0.3, -0.25) is 9.59 Å². The van der Waals surface area contributed by atoms with Crippen LogP contribution >= 0.6 is 0 Å². The van der Waals surface area contributed by atoms with E-state index in [1.165, 1.54) is 6.08 Å². The van der Waals surface area contributed by atoms with E-state index in [9.17, 15) is 19.8 Å². The molecule has 3 N–H and O–H groups in total. The number of aliphatic hydroxyl groups is 2. The van der Waals surface area contributed by atoms with Crippen molar-refractivity contribution in [2.75, 3.05) is 6.61 Å². The van der Waals surface area contributed by atoms with Gasteiger partial charge in [-0.25, -0.2) is 0 Å². The van der Waals surface area contributed by atoms with Crippen LogP contribution in [0.4, 0.5) is 0 Å². The predicted molar refractivity (Wildman–Crippen MR) is 89.2 cm³/mol. The van der Waals surface area contributed by atoms with Gasteiger partial charge in [-0.2, -0.15) is 0 Å². The summed E-state index contributed by atoms with van der Waals surface area (Å²) in [5, 5.41) is 23.1.